The first-order valence-electron chi connectivity index (χ1n) is 6.47. The molecule has 0 aliphatic carbocycles. The Hall–Kier alpha value is -1.91. The van der Waals surface area contributed by atoms with E-state index in [0.29, 0.717) is 32.7 Å². The van der Waals surface area contributed by atoms with Crippen LogP contribution >= 0.6 is 23.2 Å². The van der Waals surface area contributed by atoms with Crippen LogP contribution in [0, 0.1) is 0 Å². The summed E-state index contributed by atoms with van der Waals surface area (Å²) in [6, 6.07) is 8.47. The topological polar surface area (TPSA) is 44.8 Å². The molecule has 4 nitrogen and oxygen atoms in total. The summed E-state index contributed by atoms with van der Waals surface area (Å²) in [7, 11) is 3.06. The highest BCUT2D eigenvalue weighted by Gasteiger charge is 2.36. The molecule has 114 valence electrons. The minimum atomic E-state index is -0.585. The van der Waals surface area contributed by atoms with Crippen molar-refractivity contribution in [2.75, 3.05) is 14.2 Å². The van der Waals surface area contributed by atoms with Crippen molar-refractivity contribution >= 4 is 29.2 Å². The van der Waals surface area contributed by atoms with E-state index in [9.17, 15) is 4.79 Å². The van der Waals surface area contributed by atoms with E-state index in [1.807, 2.05) is 0 Å². The monoisotopic (exact) mass is 338 g/mol. The maximum atomic E-state index is 12.1. The van der Waals surface area contributed by atoms with Crippen LogP contribution in [-0.4, -0.2) is 20.2 Å². The second kappa shape index (κ2) is 5.71. The molecule has 0 saturated carbocycles. The minimum absolute atomic E-state index is 0.399. The average molecular weight is 339 g/mol. The molecule has 0 bridgehead atoms. The molecule has 3 rings (SSSR count). The fourth-order valence-corrected chi connectivity index (χ4v) is 2.77. The van der Waals surface area contributed by atoms with Crippen LogP contribution in [0.1, 0.15) is 27.6 Å². The number of hydrogen-bond acceptors (Lipinski definition) is 4. The van der Waals surface area contributed by atoms with Gasteiger partial charge in [-0.05, 0) is 23.8 Å². The molecule has 0 N–H and O–H groups in total. The third kappa shape index (κ3) is 2.38. The van der Waals surface area contributed by atoms with Crippen LogP contribution in [0.4, 0.5) is 0 Å². The molecule has 0 aromatic heterocycles. The van der Waals surface area contributed by atoms with Gasteiger partial charge in [0.2, 0.25) is 0 Å². The predicted molar refractivity (Wildman–Crippen MR) is 83.3 cm³/mol. The predicted octanol–water partition coefficient (Wildman–Crippen LogP) is 4.27. The van der Waals surface area contributed by atoms with Crippen LogP contribution in [-0.2, 0) is 4.74 Å². The largest absolute Gasteiger partial charge is 0.497 e. The zero-order valence-corrected chi connectivity index (χ0v) is 13.4. The van der Waals surface area contributed by atoms with Gasteiger partial charge in [-0.1, -0.05) is 29.3 Å². The fraction of sp³-hybridized carbons (Fsp3) is 0.188. The van der Waals surface area contributed by atoms with Gasteiger partial charge in [0.1, 0.15) is 11.5 Å². The Morgan fingerprint density at radius 2 is 1.82 bits per heavy atom. The molecule has 1 atom stereocenters. The van der Waals surface area contributed by atoms with Gasteiger partial charge in [-0.25, -0.2) is 4.79 Å². The van der Waals surface area contributed by atoms with Crippen molar-refractivity contribution in [2.45, 2.75) is 6.10 Å². The highest BCUT2D eigenvalue weighted by atomic mass is 35.5. The van der Waals surface area contributed by atoms with Crippen molar-refractivity contribution in [3.8, 4) is 11.5 Å². The minimum Gasteiger partial charge on any atom is -0.497 e. The zero-order chi connectivity index (χ0) is 15.9. The van der Waals surface area contributed by atoms with Crippen LogP contribution in [0.5, 0.6) is 11.5 Å². The molecular formula is C16H12Cl2O4. The van der Waals surface area contributed by atoms with E-state index >= 15 is 0 Å². The Morgan fingerprint density at radius 1 is 1.05 bits per heavy atom. The summed E-state index contributed by atoms with van der Waals surface area (Å²) in [5.41, 5.74) is 1.81. The number of esters is 1. The molecule has 0 radical (unpaired) electrons. The third-order valence-corrected chi connectivity index (χ3v) is 4.26. The third-order valence-electron chi connectivity index (χ3n) is 3.52. The van der Waals surface area contributed by atoms with Crippen LogP contribution in [0.15, 0.2) is 30.3 Å². The molecule has 6 heteroatoms. The lowest BCUT2D eigenvalue weighted by molar-refractivity contribution is 0.0454. The van der Waals surface area contributed by atoms with Gasteiger partial charge in [0.25, 0.3) is 0 Å². The number of fused-ring (bicyclic) bond motifs is 1. The maximum absolute atomic E-state index is 12.1. The van der Waals surface area contributed by atoms with Crippen molar-refractivity contribution in [1.29, 1.82) is 0 Å². The van der Waals surface area contributed by atoms with Crippen LogP contribution < -0.4 is 9.47 Å². The van der Waals surface area contributed by atoms with Crippen molar-refractivity contribution < 1.29 is 19.0 Å². The van der Waals surface area contributed by atoms with E-state index in [4.69, 9.17) is 37.4 Å². The summed E-state index contributed by atoms with van der Waals surface area (Å²) in [6.07, 6.45) is -0.585. The molecule has 2 aromatic carbocycles. The molecule has 0 saturated heterocycles. The number of methoxy groups -OCH3 is 2. The lowest BCUT2D eigenvalue weighted by Crippen LogP contribution is -2.02. The van der Waals surface area contributed by atoms with Gasteiger partial charge in [0, 0.05) is 6.07 Å². The number of halogens is 2. The smallest absolute Gasteiger partial charge is 0.339 e. The second-order valence-corrected chi connectivity index (χ2v) is 5.56. The quantitative estimate of drug-likeness (QED) is 0.784. The highest BCUT2D eigenvalue weighted by molar-refractivity contribution is 6.42. The molecule has 1 aliphatic heterocycles. The first-order chi connectivity index (χ1) is 10.5. The Labute approximate surface area is 137 Å². The number of cyclic esters (lactones) is 1. The summed E-state index contributed by atoms with van der Waals surface area (Å²) in [4.78, 5) is 12.1. The maximum Gasteiger partial charge on any atom is 0.339 e. The molecule has 22 heavy (non-hydrogen) atoms. The SMILES string of the molecule is COc1cc(OC)c2c(c1)C(=O)O[C@H]2c1ccc(Cl)c(Cl)c1. The summed E-state index contributed by atoms with van der Waals surface area (Å²) >= 11 is 12.0. The van der Waals surface area contributed by atoms with Gasteiger partial charge in [-0.15, -0.1) is 0 Å². The number of hydrogen-bond donors (Lipinski definition) is 0. The van der Waals surface area contributed by atoms with Crippen molar-refractivity contribution in [2.24, 2.45) is 0 Å². The van der Waals surface area contributed by atoms with E-state index in [-0.39, 0.29) is 0 Å². The van der Waals surface area contributed by atoms with Gasteiger partial charge in [0.05, 0.1) is 35.4 Å². The molecule has 2 aromatic rings. The number of rotatable bonds is 3. The van der Waals surface area contributed by atoms with Crippen molar-refractivity contribution in [3.05, 3.63) is 57.1 Å². The average Bonchev–Trinajstić information content (AvgIpc) is 2.86. The molecule has 1 heterocycles. The number of carbonyl (C=O) groups is 1. The van der Waals surface area contributed by atoms with E-state index in [1.165, 1.54) is 14.2 Å². The van der Waals surface area contributed by atoms with Crippen molar-refractivity contribution in [3.63, 3.8) is 0 Å². The summed E-state index contributed by atoms with van der Waals surface area (Å²) < 4.78 is 16.0. The highest BCUT2D eigenvalue weighted by Crippen LogP contribution is 2.44. The van der Waals surface area contributed by atoms with E-state index in [0.717, 1.165) is 5.56 Å². The molecule has 0 spiro atoms. The molecule has 1 aliphatic rings. The number of carbonyl (C=O) groups excluding carboxylic acids is 1. The lowest BCUT2D eigenvalue weighted by Gasteiger charge is -2.15. The zero-order valence-electron chi connectivity index (χ0n) is 11.9. The number of benzene rings is 2. The normalized spacial score (nSPS) is 16.2. The number of ether oxygens (including phenoxy) is 3. The van der Waals surface area contributed by atoms with Gasteiger partial charge >= 0.3 is 5.97 Å². The summed E-state index contributed by atoms with van der Waals surface area (Å²) in [5.74, 6) is 0.627. The van der Waals surface area contributed by atoms with Crippen LogP contribution in [0.25, 0.3) is 0 Å². The van der Waals surface area contributed by atoms with E-state index in [2.05, 4.69) is 0 Å². The Balaban J connectivity index is 2.16. The van der Waals surface area contributed by atoms with E-state index < -0.39 is 12.1 Å². The van der Waals surface area contributed by atoms with Gasteiger partial charge in [0.15, 0.2) is 6.10 Å². The first-order valence-corrected chi connectivity index (χ1v) is 7.22. The standard InChI is InChI=1S/C16H12Cl2O4/c1-20-9-6-10-14(13(7-9)21-2)15(22-16(10)19)8-3-4-11(17)12(18)5-8/h3-7,15H,1-2H3/t15-/m0/s1. The molecule has 0 unspecified atom stereocenters. The summed E-state index contributed by atoms with van der Waals surface area (Å²) in [5, 5.41) is 0.841. The lowest BCUT2D eigenvalue weighted by atomic mass is 9.98. The van der Waals surface area contributed by atoms with Crippen LogP contribution in [0.2, 0.25) is 10.0 Å². The Morgan fingerprint density at radius 3 is 2.45 bits per heavy atom. The van der Waals surface area contributed by atoms with Gasteiger partial charge < -0.3 is 14.2 Å². The van der Waals surface area contributed by atoms with Gasteiger partial charge in [-0.3, -0.25) is 0 Å². The fourth-order valence-electron chi connectivity index (χ4n) is 2.47. The van der Waals surface area contributed by atoms with Crippen molar-refractivity contribution in [1.82, 2.24) is 0 Å². The van der Waals surface area contributed by atoms with Gasteiger partial charge in [-0.2, -0.15) is 0 Å². The Bertz CT molecular complexity index is 758. The molecule has 0 amide bonds. The first kappa shape index (κ1) is 15.0. The van der Waals surface area contributed by atoms with E-state index in [1.54, 1.807) is 30.3 Å². The Kier molecular flexibility index (Phi) is 3.89. The molecular weight excluding hydrogens is 327 g/mol. The van der Waals surface area contributed by atoms with Crippen LogP contribution in [0.3, 0.4) is 0 Å². The molecule has 0 fully saturated rings. The second-order valence-electron chi connectivity index (χ2n) is 4.75. The summed E-state index contributed by atoms with van der Waals surface area (Å²) in [6.45, 7) is 0.